The molecule has 0 unspecified atom stereocenters. The molecule has 0 bridgehead atoms. The molecule has 0 radical (unpaired) electrons. The molecule has 0 aliphatic heterocycles. The molecule has 0 saturated heterocycles. The summed E-state index contributed by atoms with van der Waals surface area (Å²) < 4.78 is 0. The largest absolute Gasteiger partial charge is 0.228 e. The van der Waals surface area contributed by atoms with E-state index >= 15 is 0 Å². The zero-order valence-electron chi connectivity index (χ0n) is 35.4. The normalized spacial score (nSPS) is 14.1. The van der Waals surface area contributed by atoms with Gasteiger partial charge < -0.3 is 0 Å². The van der Waals surface area contributed by atoms with Crippen LogP contribution in [0.1, 0.15) is 49.9 Å². The van der Waals surface area contributed by atoms with E-state index in [0.717, 1.165) is 33.6 Å². The van der Waals surface area contributed by atoms with E-state index in [-0.39, 0.29) is 10.8 Å². The predicted molar refractivity (Wildman–Crippen MR) is 259 cm³/mol. The quantitative estimate of drug-likeness (QED) is 0.173. The van der Waals surface area contributed by atoms with Crippen LogP contribution in [0.4, 0.5) is 0 Å². The van der Waals surface area contributed by atoms with Crippen molar-refractivity contribution in [2.24, 2.45) is 0 Å². The van der Waals surface area contributed by atoms with Crippen LogP contribution in [0.15, 0.2) is 194 Å². The first kappa shape index (κ1) is 36.4. The van der Waals surface area contributed by atoms with Gasteiger partial charge in [-0.15, -0.1) is 0 Å². The Morgan fingerprint density at radius 3 is 1.71 bits per heavy atom. The molecule has 2 nitrogen and oxygen atoms in total. The lowest BCUT2D eigenvalue weighted by atomic mass is 9.80. The Labute approximate surface area is 363 Å². The Morgan fingerprint density at radius 1 is 0.306 bits per heavy atom. The van der Waals surface area contributed by atoms with Crippen LogP contribution in [0.25, 0.3) is 100.0 Å². The molecule has 0 amide bonds. The Bertz CT molecular complexity index is 3460. The highest BCUT2D eigenvalue weighted by atomic mass is 14.9. The molecule has 9 aromatic carbocycles. The third-order valence-electron chi connectivity index (χ3n) is 13.9. The van der Waals surface area contributed by atoms with Gasteiger partial charge in [-0.25, -0.2) is 9.97 Å². The molecular formula is C60H44N2. The first-order chi connectivity index (χ1) is 30.3. The average molecular weight is 793 g/mol. The lowest BCUT2D eigenvalue weighted by molar-refractivity contribution is 0.661. The maximum atomic E-state index is 5.38. The van der Waals surface area contributed by atoms with Crippen LogP contribution in [0.3, 0.4) is 0 Å². The van der Waals surface area contributed by atoms with Crippen molar-refractivity contribution >= 4 is 21.5 Å². The van der Waals surface area contributed by atoms with Crippen molar-refractivity contribution in [2.75, 3.05) is 0 Å². The molecule has 0 spiro atoms. The maximum absolute atomic E-state index is 5.38. The fourth-order valence-electron chi connectivity index (χ4n) is 10.7. The highest BCUT2D eigenvalue weighted by Gasteiger charge is 2.38. The summed E-state index contributed by atoms with van der Waals surface area (Å²) in [6, 6.07) is 71.0. The summed E-state index contributed by atoms with van der Waals surface area (Å²) in [5.41, 5.74) is 20.2. The molecule has 2 aliphatic rings. The maximum Gasteiger partial charge on any atom is 0.160 e. The van der Waals surface area contributed by atoms with Crippen LogP contribution in [-0.2, 0) is 10.8 Å². The number of fused-ring (bicyclic) bond motifs is 9. The van der Waals surface area contributed by atoms with Crippen molar-refractivity contribution < 1.29 is 0 Å². The van der Waals surface area contributed by atoms with Crippen molar-refractivity contribution in [3.63, 3.8) is 0 Å². The zero-order chi connectivity index (χ0) is 41.7. The van der Waals surface area contributed by atoms with Gasteiger partial charge in [0.2, 0.25) is 0 Å². The van der Waals surface area contributed by atoms with E-state index in [4.69, 9.17) is 9.97 Å². The van der Waals surface area contributed by atoms with Gasteiger partial charge in [0.25, 0.3) is 0 Å². The molecule has 0 fully saturated rings. The van der Waals surface area contributed by atoms with E-state index in [1.807, 2.05) is 6.07 Å². The third kappa shape index (κ3) is 5.43. The monoisotopic (exact) mass is 792 g/mol. The van der Waals surface area contributed by atoms with Crippen LogP contribution in [0.2, 0.25) is 0 Å². The molecule has 2 heteroatoms. The number of nitrogens with zero attached hydrogens (tertiary/aromatic N) is 2. The fraction of sp³-hybridized carbons (Fsp3) is 0.100. The summed E-state index contributed by atoms with van der Waals surface area (Å²) in [6.07, 6.45) is 0. The second-order valence-corrected chi connectivity index (χ2v) is 18.1. The van der Waals surface area contributed by atoms with Crippen molar-refractivity contribution in [3.8, 4) is 78.4 Å². The van der Waals surface area contributed by atoms with Crippen LogP contribution >= 0.6 is 0 Å². The molecule has 0 saturated carbocycles. The van der Waals surface area contributed by atoms with Gasteiger partial charge in [0.05, 0.1) is 11.4 Å². The van der Waals surface area contributed by atoms with Gasteiger partial charge in [-0.2, -0.15) is 0 Å². The van der Waals surface area contributed by atoms with E-state index in [0.29, 0.717) is 5.82 Å². The van der Waals surface area contributed by atoms with Crippen LogP contribution in [-0.4, -0.2) is 9.97 Å². The van der Waals surface area contributed by atoms with E-state index in [2.05, 4.69) is 216 Å². The van der Waals surface area contributed by atoms with Crippen molar-refractivity contribution in [1.29, 1.82) is 0 Å². The van der Waals surface area contributed by atoms with Gasteiger partial charge in [-0.3, -0.25) is 0 Å². The first-order valence-electron chi connectivity index (χ1n) is 21.7. The number of benzene rings is 9. The summed E-state index contributed by atoms with van der Waals surface area (Å²) >= 11 is 0. The number of hydrogen-bond acceptors (Lipinski definition) is 2. The highest BCUT2D eigenvalue weighted by molar-refractivity contribution is 6.10. The second kappa shape index (κ2) is 13.5. The molecule has 1 heterocycles. The number of hydrogen-bond donors (Lipinski definition) is 0. The topological polar surface area (TPSA) is 25.8 Å². The summed E-state index contributed by atoms with van der Waals surface area (Å²) in [6.45, 7) is 9.46. The minimum atomic E-state index is -0.141. The highest BCUT2D eigenvalue weighted by Crippen LogP contribution is 2.55. The standard InChI is InChI=1S/C60H44N2/c1-59(2)50-30-15-14-28-47(50)57-46-27-13-11-25-44(46)48(35-53(57)59)43-24-10-12-26-45(43)55-36-54(61-58(62-55)37-18-6-5-7-19-37)41-23-16-22-40(32-41)42-29-17-31-51-56(42)49-33-38-20-8-9-21-39(38)34-52(49)60(51,3)4/h5-36H,1-4H3. The summed E-state index contributed by atoms with van der Waals surface area (Å²) in [5, 5.41) is 5.07. The van der Waals surface area contributed by atoms with E-state index < -0.39 is 0 Å². The van der Waals surface area contributed by atoms with Gasteiger partial charge in [0, 0.05) is 27.5 Å². The summed E-state index contributed by atoms with van der Waals surface area (Å²) in [5.74, 6) is 0.705. The van der Waals surface area contributed by atoms with Gasteiger partial charge in [0.15, 0.2) is 5.82 Å². The van der Waals surface area contributed by atoms with Gasteiger partial charge >= 0.3 is 0 Å². The van der Waals surface area contributed by atoms with Gasteiger partial charge in [0.1, 0.15) is 0 Å². The average Bonchev–Trinajstić information content (AvgIpc) is 3.69. The van der Waals surface area contributed by atoms with Crippen molar-refractivity contribution in [3.05, 3.63) is 216 Å². The van der Waals surface area contributed by atoms with Gasteiger partial charge in [-0.05, 0) is 119 Å². The molecule has 12 rings (SSSR count). The Kier molecular flexibility index (Phi) is 7.96. The number of aromatic nitrogens is 2. The van der Waals surface area contributed by atoms with Gasteiger partial charge in [-0.1, -0.05) is 191 Å². The molecular weight excluding hydrogens is 749 g/mol. The summed E-state index contributed by atoms with van der Waals surface area (Å²) in [4.78, 5) is 10.7. The lowest BCUT2D eigenvalue weighted by Crippen LogP contribution is -2.15. The predicted octanol–water partition coefficient (Wildman–Crippen LogP) is 15.7. The first-order valence-corrected chi connectivity index (χ1v) is 21.7. The number of rotatable bonds is 5. The lowest BCUT2D eigenvalue weighted by Gasteiger charge is -2.23. The Balaban J connectivity index is 1.04. The van der Waals surface area contributed by atoms with E-state index in [1.165, 1.54) is 82.7 Å². The Morgan fingerprint density at radius 2 is 0.887 bits per heavy atom. The molecule has 294 valence electrons. The van der Waals surface area contributed by atoms with Crippen molar-refractivity contribution in [2.45, 2.75) is 38.5 Å². The smallest absolute Gasteiger partial charge is 0.160 e. The minimum Gasteiger partial charge on any atom is -0.228 e. The molecule has 10 aromatic rings. The fourth-order valence-corrected chi connectivity index (χ4v) is 10.7. The van der Waals surface area contributed by atoms with E-state index in [1.54, 1.807) is 0 Å². The summed E-state index contributed by atoms with van der Waals surface area (Å²) in [7, 11) is 0. The second-order valence-electron chi connectivity index (χ2n) is 18.1. The third-order valence-corrected chi connectivity index (χ3v) is 13.9. The molecule has 0 N–H and O–H groups in total. The van der Waals surface area contributed by atoms with Crippen LogP contribution < -0.4 is 0 Å². The van der Waals surface area contributed by atoms with Crippen LogP contribution in [0, 0.1) is 0 Å². The minimum absolute atomic E-state index is 0.119. The molecule has 1 aromatic heterocycles. The van der Waals surface area contributed by atoms with E-state index in [9.17, 15) is 0 Å². The van der Waals surface area contributed by atoms with Crippen molar-refractivity contribution in [1.82, 2.24) is 9.97 Å². The zero-order valence-corrected chi connectivity index (χ0v) is 35.4. The SMILES string of the molecule is CC1(C)c2cc3ccccc3cc2-c2c(-c3cccc(-c4cc(-c5ccccc5-c5cc6c(c7ccccc57)-c5ccccc5C6(C)C)nc(-c5ccccc5)n4)c3)cccc21. The van der Waals surface area contributed by atoms with Crippen LogP contribution in [0.5, 0.6) is 0 Å². The molecule has 62 heavy (non-hydrogen) atoms. The molecule has 2 aliphatic carbocycles. The molecule has 0 atom stereocenters. The Hall–Kier alpha value is -7.42.